The standard InChI is InChI=1S/C13H12N2O2/c16-8-9-3-1-4-10-11(7-9)15-13(14-10)12-5-2-6-17-12/h1-3,5-7,16H,4,8H2,(H,14,15). The predicted octanol–water partition coefficient (Wildman–Crippen LogP) is 2.16. The third kappa shape index (κ3) is 1.83. The maximum atomic E-state index is 9.16. The first-order valence-corrected chi connectivity index (χ1v) is 5.47. The molecule has 2 heterocycles. The van der Waals surface area contributed by atoms with Crippen LogP contribution >= 0.6 is 0 Å². The van der Waals surface area contributed by atoms with Crippen LogP contribution < -0.4 is 0 Å². The Morgan fingerprint density at radius 1 is 1.47 bits per heavy atom. The van der Waals surface area contributed by atoms with Crippen molar-refractivity contribution in [3.63, 3.8) is 0 Å². The molecular formula is C13H12N2O2. The predicted molar refractivity (Wildman–Crippen MR) is 64.2 cm³/mol. The summed E-state index contributed by atoms with van der Waals surface area (Å²) in [5.74, 6) is 1.45. The zero-order valence-electron chi connectivity index (χ0n) is 9.18. The van der Waals surface area contributed by atoms with Crippen LogP contribution in [0.4, 0.5) is 0 Å². The fourth-order valence-corrected chi connectivity index (χ4v) is 1.88. The maximum absolute atomic E-state index is 9.16. The van der Waals surface area contributed by atoms with Crippen LogP contribution in [0.1, 0.15) is 11.4 Å². The largest absolute Gasteiger partial charge is 0.461 e. The van der Waals surface area contributed by atoms with E-state index in [1.807, 2.05) is 30.4 Å². The van der Waals surface area contributed by atoms with E-state index in [0.29, 0.717) is 0 Å². The highest BCUT2D eigenvalue weighted by molar-refractivity contribution is 5.61. The van der Waals surface area contributed by atoms with Gasteiger partial charge in [-0.2, -0.15) is 0 Å². The summed E-state index contributed by atoms with van der Waals surface area (Å²) < 4.78 is 5.30. The fourth-order valence-electron chi connectivity index (χ4n) is 1.88. The highest BCUT2D eigenvalue weighted by Gasteiger charge is 2.12. The Hall–Kier alpha value is -2.07. The summed E-state index contributed by atoms with van der Waals surface area (Å²) in [5.41, 5.74) is 2.77. The molecule has 0 fully saturated rings. The Kier molecular flexibility index (Phi) is 2.42. The van der Waals surface area contributed by atoms with Crippen LogP contribution in [0.25, 0.3) is 17.7 Å². The second kappa shape index (κ2) is 4.07. The number of aromatic amines is 1. The summed E-state index contributed by atoms with van der Waals surface area (Å²) in [6.07, 6.45) is 8.23. The molecule has 0 bridgehead atoms. The van der Waals surface area contributed by atoms with E-state index in [4.69, 9.17) is 9.52 Å². The van der Waals surface area contributed by atoms with Crippen molar-refractivity contribution < 1.29 is 9.52 Å². The molecule has 0 aliphatic heterocycles. The van der Waals surface area contributed by atoms with Crippen molar-refractivity contribution in [1.29, 1.82) is 0 Å². The molecule has 0 atom stereocenters. The van der Waals surface area contributed by atoms with Crippen molar-refractivity contribution in [2.24, 2.45) is 0 Å². The first-order chi connectivity index (χ1) is 8.36. The summed E-state index contributed by atoms with van der Waals surface area (Å²) >= 11 is 0. The molecule has 0 aromatic carbocycles. The Balaban J connectivity index is 2.05. The van der Waals surface area contributed by atoms with Crippen molar-refractivity contribution in [3.8, 4) is 11.6 Å². The molecule has 2 aromatic rings. The normalized spacial score (nSPS) is 14.3. The number of imidazole rings is 1. The first kappa shape index (κ1) is 10.1. The van der Waals surface area contributed by atoms with Gasteiger partial charge < -0.3 is 14.5 Å². The summed E-state index contributed by atoms with van der Waals surface area (Å²) in [7, 11) is 0. The van der Waals surface area contributed by atoms with Gasteiger partial charge in [-0.05, 0) is 23.8 Å². The molecule has 0 spiro atoms. The molecule has 4 heteroatoms. The molecule has 4 nitrogen and oxygen atoms in total. The SMILES string of the molecule is OCC1=Cc2nc(-c3ccco3)[nH]c2CC=C1. The van der Waals surface area contributed by atoms with Crippen LogP contribution in [-0.4, -0.2) is 21.7 Å². The minimum Gasteiger partial charge on any atom is -0.461 e. The van der Waals surface area contributed by atoms with E-state index in [2.05, 4.69) is 9.97 Å². The molecular weight excluding hydrogens is 216 g/mol. The van der Waals surface area contributed by atoms with E-state index >= 15 is 0 Å². The van der Waals surface area contributed by atoms with E-state index in [-0.39, 0.29) is 6.61 Å². The number of fused-ring (bicyclic) bond motifs is 1. The minimum atomic E-state index is 0.0267. The second-order valence-corrected chi connectivity index (χ2v) is 3.91. The molecule has 0 unspecified atom stereocenters. The zero-order chi connectivity index (χ0) is 11.7. The minimum absolute atomic E-state index is 0.0267. The molecule has 86 valence electrons. The van der Waals surface area contributed by atoms with Crippen molar-refractivity contribution in [2.75, 3.05) is 6.61 Å². The molecule has 0 saturated carbocycles. The van der Waals surface area contributed by atoms with Gasteiger partial charge in [-0.25, -0.2) is 4.98 Å². The molecule has 3 rings (SSSR count). The number of aromatic nitrogens is 2. The quantitative estimate of drug-likeness (QED) is 0.827. The summed E-state index contributed by atoms with van der Waals surface area (Å²) in [5, 5.41) is 9.16. The molecule has 2 N–H and O–H groups in total. The van der Waals surface area contributed by atoms with E-state index in [1.54, 1.807) is 6.26 Å². The number of nitrogens with zero attached hydrogens (tertiary/aromatic N) is 1. The molecule has 0 saturated heterocycles. The van der Waals surface area contributed by atoms with Crippen LogP contribution in [0.3, 0.4) is 0 Å². The first-order valence-electron chi connectivity index (χ1n) is 5.47. The highest BCUT2D eigenvalue weighted by Crippen LogP contribution is 2.22. The molecule has 2 aromatic heterocycles. The topological polar surface area (TPSA) is 62.1 Å². The van der Waals surface area contributed by atoms with Crippen molar-refractivity contribution in [2.45, 2.75) is 6.42 Å². The Morgan fingerprint density at radius 3 is 3.18 bits per heavy atom. The Bertz CT molecular complexity index is 577. The summed E-state index contributed by atoms with van der Waals surface area (Å²) in [6, 6.07) is 3.70. The molecule has 0 radical (unpaired) electrons. The highest BCUT2D eigenvalue weighted by atomic mass is 16.3. The van der Waals surface area contributed by atoms with Crippen LogP contribution in [0.5, 0.6) is 0 Å². The van der Waals surface area contributed by atoms with Crippen molar-refractivity contribution in [3.05, 3.63) is 47.5 Å². The number of aliphatic hydroxyl groups excluding tert-OH is 1. The van der Waals surface area contributed by atoms with Crippen LogP contribution in [0.15, 0.2) is 40.5 Å². The molecule has 1 aliphatic rings. The number of aliphatic hydroxyl groups is 1. The fraction of sp³-hybridized carbons (Fsp3) is 0.154. The lowest BCUT2D eigenvalue weighted by atomic mass is 10.2. The average molecular weight is 228 g/mol. The van der Waals surface area contributed by atoms with Gasteiger partial charge in [0.1, 0.15) is 0 Å². The van der Waals surface area contributed by atoms with E-state index in [9.17, 15) is 0 Å². The third-order valence-corrected chi connectivity index (χ3v) is 2.72. The number of allylic oxidation sites excluding steroid dienone is 1. The number of H-pyrrole nitrogens is 1. The monoisotopic (exact) mass is 228 g/mol. The number of hydrogen-bond acceptors (Lipinski definition) is 3. The average Bonchev–Trinajstić information content (AvgIpc) is 2.95. The van der Waals surface area contributed by atoms with Gasteiger partial charge in [0.25, 0.3) is 0 Å². The van der Waals surface area contributed by atoms with Gasteiger partial charge >= 0.3 is 0 Å². The van der Waals surface area contributed by atoms with Gasteiger partial charge in [-0.15, -0.1) is 0 Å². The smallest absolute Gasteiger partial charge is 0.174 e. The van der Waals surface area contributed by atoms with Crippen LogP contribution in [-0.2, 0) is 6.42 Å². The van der Waals surface area contributed by atoms with Crippen LogP contribution in [0.2, 0.25) is 0 Å². The molecule has 0 amide bonds. The maximum Gasteiger partial charge on any atom is 0.174 e. The van der Waals surface area contributed by atoms with Crippen molar-refractivity contribution in [1.82, 2.24) is 9.97 Å². The molecule has 17 heavy (non-hydrogen) atoms. The van der Waals surface area contributed by atoms with E-state index in [0.717, 1.165) is 35.0 Å². The van der Waals surface area contributed by atoms with Gasteiger partial charge in [-0.1, -0.05) is 12.2 Å². The van der Waals surface area contributed by atoms with Gasteiger partial charge in [0, 0.05) is 12.1 Å². The Labute approximate surface area is 98.3 Å². The lowest BCUT2D eigenvalue weighted by Crippen LogP contribution is -1.85. The number of hydrogen-bond donors (Lipinski definition) is 2. The third-order valence-electron chi connectivity index (χ3n) is 2.72. The number of nitrogens with one attached hydrogen (secondary N) is 1. The molecule has 1 aliphatic carbocycles. The number of rotatable bonds is 2. The summed E-state index contributed by atoms with van der Waals surface area (Å²) in [6.45, 7) is 0.0267. The Morgan fingerprint density at radius 2 is 2.41 bits per heavy atom. The van der Waals surface area contributed by atoms with Crippen LogP contribution in [0, 0.1) is 0 Å². The second-order valence-electron chi connectivity index (χ2n) is 3.91. The van der Waals surface area contributed by atoms with E-state index in [1.165, 1.54) is 0 Å². The van der Waals surface area contributed by atoms with Gasteiger partial charge in [0.05, 0.1) is 18.6 Å². The summed E-state index contributed by atoms with van der Waals surface area (Å²) in [4.78, 5) is 7.71. The van der Waals surface area contributed by atoms with Gasteiger partial charge in [0.15, 0.2) is 11.6 Å². The zero-order valence-corrected chi connectivity index (χ0v) is 9.18. The van der Waals surface area contributed by atoms with Gasteiger partial charge in [-0.3, -0.25) is 0 Å². The lowest BCUT2D eigenvalue weighted by molar-refractivity contribution is 0.336. The lowest BCUT2D eigenvalue weighted by Gasteiger charge is -1.92. The van der Waals surface area contributed by atoms with Crippen molar-refractivity contribution >= 4 is 6.08 Å². The van der Waals surface area contributed by atoms with E-state index < -0.39 is 0 Å². The number of furan rings is 1. The van der Waals surface area contributed by atoms with Gasteiger partial charge in [0.2, 0.25) is 0 Å².